The molecule has 2 rings (SSSR count). The van der Waals surface area contributed by atoms with Crippen LogP contribution in [0.1, 0.15) is 23.8 Å². The van der Waals surface area contributed by atoms with Crippen LogP contribution in [0.2, 0.25) is 0 Å². The lowest BCUT2D eigenvalue weighted by Gasteiger charge is -2.21. The summed E-state index contributed by atoms with van der Waals surface area (Å²) in [6.45, 7) is 2.95. The second kappa shape index (κ2) is 7.01. The Kier molecular flexibility index (Phi) is 5.33. The van der Waals surface area contributed by atoms with Gasteiger partial charge < -0.3 is 10.3 Å². The van der Waals surface area contributed by atoms with E-state index < -0.39 is 0 Å². The van der Waals surface area contributed by atoms with Crippen molar-refractivity contribution >= 4 is 38.9 Å². The Morgan fingerprint density at radius 2 is 2.25 bits per heavy atom. The number of hydrazine groups is 1. The van der Waals surface area contributed by atoms with Gasteiger partial charge in [0.1, 0.15) is 18.0 Å². The van der Waals surface area contributed by atoms with E-state index >= 15 is 0 Å². The summed E-state index contributed by atoms with van der Waals surface area (Å²) < 4.78 is 1.12. The zero-order valence-corrected chi connectivity index (χ0v) is 14.0. The van der Waals surface area contributed by atoms with Gasteiger partial charge in [0.15, 0.2) is 0 Å². The minimum atomic E-state index is 0.705. The van der Waals surface area contributed by atoms with Crippen LogP contribution in [0.4, 0.5) is 11.6 Å². The molecule has 0 aliphatic rings. The first-order chi connectivity index (χ1) is 9.65. The third kappa shape index (κ3) is 3.47. The Hall–Kier alpha value is -1.18. The van der Waals surface area contributed by atoms with Gasteiger partial charge in [0.05, 0.1) is 6.54 Å². The fraction of sp³-hybridized carbons (Fsp3) is 0.385. The normalized spacial score (nSPS) is 10.6. The summed E-state index contributed by atoms with van der Waals surface area (Å²) in [7, 11) is 2.04. The average molecular weight is 356 g/mol. The van der Waals surface area contributed by atoms with E-state index in [0.717, 1.165) is 35.2 Å². The third-order valence-electron chi connectivity index (χ3n) is 2.94. The minimum Gasteiger partial charge on any atom is -0.354 e. The molecule has 7 heteroatoms. The summed E-state index contributed by atoms with van der Waals surface area (Å²) in [4.78, 5) is 12.0. The summed E-state index contributed by atoms with van der Waals surface area (Å²) >= 11 is 5.21. The molecule has 2 aromatic rings. The highest BCUT2D eigenvalue weighted by Gasteiger charge is 2.14. The van der Waals surface area contributed by atoms with Crippen molar-refractivity contribution < 1.29 is 0 Å². The molecule has 0 aromatic carbocycles. The van der Waals surface area contributed by atoms with Crippen molar-refractivity contribution in [2.45, 2.75) is 26.3 Å². The first-order valence-electron chi connectivity index (χ1n) is 6.40. The van der Waals surface area contributed by atoms with Crippen molar-refractivity contribution in [1.82, 2.24) is 9.97 Å². The Balaban J connectivity index is 2.26. The SMILES string of the molecule is CCCc1c(NN)ncnc1N(C)Cc1cc(Br)cs1. The van der Waals surface area contributed by atoms with Crippen molar-refractivity contribution in [3.05, 3.63) is 32.7 Å². The molecule has 0 atom stereocenters. The number of thiophene rings is 1. The third-order valence-corrected chi connectivity index (χ3v) is 4.62. The van der Waals surface area contributed by atoms with E-state index in [1.165, 1.54) is 4.88 Å². The van der Waals surface area contributed by atoms with E-state index in [-0.39, 0.29) is 0 Å². The van der Waals surface area contributed by atoms with E-state index in [2.05, 4.69) is 54.6 Å². The monoisotopic (exact) mass is 355 g/mol. The summed E-state index contributed by atoms with van der Waals surface area (Å²) in [6, 6.07) is 2.13. The first-order valence-corrected chi connectivity index (χ1v) is 8.07. The lowest BCUT2D eigenvalue weighted by Crippen LogP contribution is -2.21. The molecule has 0 saturated carbocycles. The van der Waals surface area contributed by atoms with E-state index in [9.17, 15) is 0 Å². The van der Waals surface area contributed by atoms with Crippen LogP contribution >= 0.6 is 27.3 Å². The van der Waals surface area contributed by atoms with Gasteiger partial charge >= 0.3 is 0 Å². The van der Waals surface area contributed by atoms with Gasteiger partial charge in [-0.3, -0.25) is 0 Å². The summed E-state index contributed by atoms with van der Waals surface area (Å²) in [6.07, 6.45) is 3.46. The number of aromatic nitrogens is 2. The van der Waals surface area contributed by atoms with Gasteiger partial charge in [0.2, 0.25) is 0 Å². The zero-order valence-electron chi connectivity index (χ0n) is 11.6. The van der Waals surface area contributed by atoms with Crippen LogP contribution in [-0.2, 0) is 13.0 Å². The second-order valence-corrected chi connectivity index (χ2v) is 6.42. The molecule has 0 aliphatic carbocycles. The quantitative estimate of drug-likeness (QED) is 0.615. The highest BCUT2D eigenvalue weighted by atomic mass is 79.9. The van der Waals surface area contributed by atoms with Gasteiger partial charge in [-0.15, -0.1) is 11.3 Å². The summed E-state index contributed by atoms with van der Waals surface area (Å²) in [5, 5.41) is 2.09. The summed E-state index contributed by atoms with van der Waals surface area (Å²) in [5.41, 5.74) is 3.73. The van der Waals surface area contributed by atoms with Crippen molar-refractivity contribution in [3.63, 3.8) is 0 Å². The van der Waals surface area contributed by atoms with Crippen molar-refractivity contribution in [2.75, 3.05) is 17.4 Å². The van der Waals surface area contributed by atoms with Crippen LogP contribution in [0.5, 0.6) is 0 Å². The molecule has 2 heterocycles. The molecule has 0 bridgehead atoms. The number of nitrogens with two attached hydrogens (primary N) is 1. The molecule has 0 fully saturated rings. The number of anilines is 2. The van der Waals surface area contributed by atoms with Gasteiger partial charge in [-0.1, -0.05) is 13.3 Å². The van der Waals surface area contributed by atoms with Crippen molar-refractivity contribution in [2.24, 2.45) is 5.84 Å². The predicted octanol–water partition coefficient (Wildman–Crippen LogP) is 3.18. The molecule has 20 heavy (non-hydrogen) atoms. The molecular formula is C13H18BrN5S. The summed E-state index contributed by atoms with van der Waals surface area (Å²) in [5.74, 6) is 7.18. The van der Waals surface area contributed by atoms with Crippen LogP contribution in [0.15, 0.2) is 22.2 Å². The van der Waals surface area contributed by atoms with Gasteiger partial charge in [-0.05, 0) is 28.4 Å². The lowest BCUT2D eigenvalue weighted by molar-refractivity contribution is 0.848. The van der Waals surface area contributed by atoms with E-state index in [4.69, 9.17) is 5.84 Å². The smallest absolute Gasteiger partial charge is 0.148 e. The average Bonchev–Trinajstić information content (AvgIpc) is 2.84. The number of nitrogens with one attached hydrogen (secondary N) is 1. The van der Waals surface area contributed by atoms with Gasteiger partial charge in [-0.25, -0.2) is 15.8 Å². The number of nitrogen functional groups attached to an aromatic ring is 1. The highest BCUT2D eigenvalue weighted by Crippen LogP contribution is 2.27. The van der Waals surface area contributed by atoms with Crippen LogP contribution in [0, 0.1) is 0 Å². The largest absolute Gasteiger partial charge is 0.354 e. The molecule has 3 N–H and O–H groups in total. The molecule has 0 saturated heterocycles. The van der Waals surface area contributed by atoms with E-state index in [1.54, 1.807) is 17.7 Å². The first kappa shape index (κ1) is 15.2. The maximum Gasteiger partial charge on any atom is 0.148 e. The van der Waals surface area contributed by atoms with Gasteiger partial charge in [0, 0.05) is 27.3 Å². The standard InChI is InChI=1S/C13H18BrN5S/c1-3-4-11-12(18-15)16-8-17-13(11)19(2)6-10-5-9(14)7-20-10/h5,7-8H,3-4,6,15H2,1-2H3,(H,16,17,18). The molecule has 108 valence electrons. The van der Waals surface area contributed by atoms with Gasteiger partial charge in [0.25, 0.3) is 0 Å². The lowest BCUT2D eigenvalue weighted by atomic mass is 10.1. The van der Waals surface area contributed by atoms with E-state index in [1.807, 2.05) is 7.05 Å². The van der Waals surface area contributed by atoms with Crippen LogP contribution in [0.25, 0.3) is 0 Å². The van der Waals surface area contributed by atoms with Crippen molar-refractivity contribution in [1.29, 1.82) is 0 Å². The maximum absolute atomic E-state index is 5.54. The van der Waals surface area contributed by atoms with Crippen molar-refractivity contribution in [3.8, 4) is 0 Å². The zero-order chi connectivity index (χ0) is 14.5. The highest BCUT2D eigenvalue weighted by molar-refractivity contribution is 9.10. The molecule has 0 aliphatic heterocycles. The Morgan fingerprint density at radius 1 is 1.45 bits per heavy atom. The maximum atomic E-state index is 5.54. The molecule has 2 aromatic heterocycles. The molecule has 0 radical (unpaired) electrons. The number of hydrogen-bond donors (Lipinski definition) is 2. The molecule has 5 nitrogen and oxygen atoms in total. The fourth-order valence-corrected chi connectivity index (χ4v) is 3.59. The topological polar surface area (TPSA) is 67.1 Å². The predicted molar refractivity (Wildman–Crippen MR) is 88.0 cm³/mol. The molecule has 0 unspecified atom stereocenters. The second-order valence-electron chi connectivity index (χ2n) is 4.51. The Bertz CT molecular complexity index is 572. The number of hydrogen-bond acceptors (Lipinski definition) is 6. The minimum absolute atomic E-state index is 0.705. The van der Waals surface area contributed by atoms with Crippen LogP contribution < -0.4 is 16.2 Å². The number of halogens is 1. The van der Waals surface area contributed by atoms with Crippen LogP contribution in [-0.4, -0.2) is 17.0 Å². The van der Waals surface area contributed by atoms with Gasteiger partial charge in [-0.2, -0.15) is 0 Å². The fourth-order valence-electron chi connectivity index (χ4n) is 2.08. The number of nitrogens with zero attached hydrogens (tertiary/aromatic N) is 3. The molecule has 0 spiro atoms. The molecule has 0 amide bonds. The van der Waals surface area contributed by atoms with Crippen LogP contribution in [0.3, 0.4) is 0 Å². The Labute approximate surface area is 131 Å². The molecular weight excluding hydrogens is 338 g/mol. The number of rotatable bonds is 6. The Morgan fingerprint density at radius 3 is 2.85 bits per heavy atom. The van der Waals surface area contributed by atoms with E-state index in [0.29, 0.717) is 5.82 Å².